The normalized spacial score (nSPS) is 15.8. The highest BCUT2D eigenvalue weighted by molar-refractivity contribution is 6.30. The molecule has 2 aromatic rings. The Morgan fingerprint density at radius 2 is 1.73 bits per heavy atom. The molecule has 0 spiro atoms. The van der Waals surface area contributed by atoms with E-state index in [1.54, 1.807) is 6.07 Å². The molecule has 3 rings (SSSR count). The van der Waals surface area contributed by atoms with Gasteiger partial charge in [0.1, 0.15) is 0 Å². The van der Waals surface area contributed by atoms with E-state index in [-0.39, 0.29) is 5.91 Å². The van der Waals surface area contributed by atoms with E-state index in [1.165, 1.54) is 5.56 Å². The fourth-order valence-electron chi connectivity index (χ4n) is 3.25. The molecule has 0 bridgehead atoms. The van der Waals surface area contributed by atoms with Gasteiger partial charge >= 0.3 is 0 Å². The molecule has 0 atom stereocenters. The Morgan fingerprint density at radius 1 is 1.04 bits per heavy atom. The zero-order chi connectivity index (χ0) is 18.4. The zero-order valence-corrected chi connectivity index (χ0v) is 16.0. The zero-order valence-electron chi connectivity index (χ0n) is 15.2. The van der Waals surface area contributed by atoms with Gasteiger partial charge in [-0.3, -0.25) is 9.69 Å². The summed E-state index contributed by atoms with van der Waals surface area (Å²) in [7, 11) is 0. The van der Waals surface area contributed by atoms with Gasteiger partial charge in [0.15, 0.2) is 0 Å². The number of anilines is 1. The third-order valence-corrected chi connectivity index (χ3v) is 5.07. The number of rotatable bonds is 6. The third-order valence-electron chi connectivity index (χ3n) is 4.83. The van der Waals surface area contributed by atoms with Crippen LogP contribution in [-0.4, -0.2) is 48.4 Å². The van der Waals surface area contributed by atoms with Crippen molar-refractivity contribution in [3.05, 3.63) is 64.7 Å². The number of halogens is 1. The molecule has 1 saturated heterocycles. The number of carbonyl (C=O) groups is 1. The maximum absolute atomic E-state index is 12.2. The molecule has 0 saturated carbocycles. The van der Waals surface area contributed by atoms with Gasteiger partial charge < -0.3 is 10.2 Å². The molecule has 2 aromatic carbocycles. The molecule has 1 amide bonds. The fourth-order valence-corrected chi connectivity index (χ4v) is 3.48. The molecule has 5 heteroatoms. The minimum absolute atomic E-state index is 0.0575. The number of nitrogens with zero attached hydrogens (tertiary/aromatic N) is 2. The minimum atomic E-state index is 0.0575. The average molecular weight is 372 g/mol. The Bertz CT molecular complexity index is 727. The molecule has 26 heavy (non-hydrogen) atoms. The Balaban J connectivity index is 1.38. The summed E-state index contributed by atoms with van der Waals surface area (Å²) in [6, 6.07) is 16.1. The highest BCUT2D eigenvalue weighted by Gasteiger charge is 2.17. The molecule has 0 radical (unpaired) electrons. The maximum atomic E-state index is 12.2. The summed E-state index contributed by atoms with van der Waals surface area (Å²) < 4.78 is 0. The standard InChI is InChI=1S/C21H26ClN3O/c1-17-15-19(22)7-8-20(17)23-21(26)9-10-24-11-13-25(14-12-24)16-18-5-3-2-4-6-18/h2-8,15H,9-14,16H2,1H3,(H,23,26). The molecule has 4 nitrogen and oxygen atoms in total. The van der Waals surface area contributed by atoms with Crippen LogP contribution in [0.2, 0.25) is 5.02 Å². The molecule has 138 valence electrons. The lowest BCUT2D eigenvalue weighted by molar-refractivity contribution is -0.116. The highest BCUT2D eigenvalue weighted by atomic mass is 35.5. The van der Waals surface area contributed by atoms with E-state index >= 15 is 0 Å². The number of hydrogen-bond donors (Lipinski definition) is 1. The minimum Gasteiger partial charge on any atom is -0.326 e. The Kier molecular flexibility index (Phi) is 6.67. The van der Waals surface area contributed by atoms with Gasteiger partial charge in [-0.05, 0) is 36.2 Å². The summed E-state index contributed by atoms with van der Waals surface area (Å²) in [5.74, 6) is 0.0575. The second kappa shape index (κ2) is 9.17. The topological polar surface area (TPSA) is 35.6 Å². The van der Waals surface area contributed by atoms with Crippen molar-refractivity contribution < 1.29 is 4.79 Å². The molecule has 1 aliphatic heterocycles. The molecular formula is C21H26ClN3O. The number of benzene rings is 2. The molecule has 1 N–H and O–H groups in total. The molecule has 1 aliphatic rings. The van der Waals surface area contributed by atoms with Crippen molar-refractivity contribution in [1.82, 2.24) is 9.80 Å². The predicted octanol–water partition coefficient (Wildman–Crippen LogP) is 3.79. The molecule has 0 aliphatic carbocycles. The highest BCUT2D eigenvalue weighted by Crippen LogP contribution is 2.19. The van der Waals surface area contributed by atoms with Gasteiger partial charge in [-0.2, -0.15) is 0 Å². The number of aryl methyl sites for hydroxylation is 1. The van der Waals surface area contributed by atoms with Crippen molar-refractivity contribution in [2.75, 3.05) is 38.0 Å². The van der Waals surface area contributed by atoms with Crippen LogP contribution in [0, 0.1) is 6.92 Å². The van der Waals surface area contributed by atoms with Gasteiger partial charge in [-0.25, -0.2) is 0 Å². The van der Waals surface area contributed by atoms with Crippen molar-refractivity contribution in [3.63, 3.8) is 0 Å². The van der Waals surface area contributed by atoms with Crippen molar-refractivity contribution in [3.8, 4) is 0 Å². The lowest BCUT2D eigenvalue weighted by Crippen LogP contribution is -2.46. The van der Waals surface area contributed by atoms with Crippen molar-refractivity contribution in [1.29, 1.82) is 0 Å². The van der Waals surface area contributed by atoms with Gasteiger partial charge in [-0.15, -0.1) is 0 Å². The number of hydrogen-bond acceptors (Lipinski definition) is 3. The summed E-state index contributed by atoms with van der Waals surface area (Å²) in [5.41, 5.74) is 3.19. The number of carbonyl (C=O) groups excluding carboxylic acids is 1. The first-order valence-electron chi connectivity index (χ1n) is 9.15. The van der Waals surface area contributed by atoms with Crippen LogP contribution < -0.4 is 5.32 Å². The second-order valence-corrected chi connectivity index (χ2v) is 7.30. The number of nitrogens with one attached hydrogen (secondary N) is 1. The second-order valence-electron chi connectivity index (χ2n) is 6.86. The van der Waals surface area contributed by atoms with E-state index < -0.39 is 0 Å². The summed E-state index contributed by atoms with van der Waals surface area (Å²) in [6.07, 6.45) is 0.515. The molecular weight excluding hydrogens is 346 g/mol. The quantitative estimate of drug-likeness (QED) is 0.839. The third kappa shape index (κ3) is 5.56. The van der Waals surface area contributed by atoms with E-state index in [9.17, 15) is 4.79 Å². The van der Waals surface area contributed by atoms with E-state index in [0.29, 0.717) is 11.4 Å². The van der Waals surface area contributed by atoms with Crippen LogP contribution in [0.3, 0.4) is 0 Å². The Morgan fingerprint density at radius 3 is 2.42 bits per heavy atom. The summed E-state index contributed by atoms with van der Waals surface area (Å²) in [5, 5.41) is 3.67. The fraction of sp³-hybridized carbons (Fsp3) is 0.381. The van der Waals surface area contributed by atoms with E-state index in [4.69, 9.17) is 11.6 Å². The van der Waals surface area contributed by atoms with Crippen molar-refractivity contribution in [2.24, 2.45) is 0 Å². The average Bonchev–Trinajstić information content (AvgIpc) is 2.64. The first-order chi connectivity index (χ1) is 12.6. The van der Waals surface area contributed by atoms with E-state index in [0.717, 1.165) is 50.5 Å². The first-order valence-corrected chi connectivity index (χ1v) is 9.52. The van der Waals surface area contributed by atoms with Crippen LogP contribution in [0.5, 0.6) is 0 Å². The Hall–Kier alpha value is -1.88. The molecule has 0 aromatic heterocycles. The van der Waals surface area contributed by atoms with Gasteiger partial charge in [0.05, 0.1) is 0 Å². The summed E-state index contributed by atoms with van der Waals surface area (Å²) >= 11 is 5.96. The summed E-state index contributed by atoms with van der Waals surface area (Å²) in [6.45, 7) is 7.88. The van der Waals surface area contributed by atoms with Crippen LogP contribution >= 0.6 is 11.6 Å². The first kappa shape index (κ1) is 18.9. The van der Waals surface area contributed by atoms with Crippen LogP contribution in [0.4, 0.5) is 5.69 Å². The van der Waals surface area contributed by atoms with Crippen molar-refractivity contribution in [2.45, 2.75) is 19.9 Å². The Labute approximate surface area is 160 Å². The molecule has 1 heterocycles. The van der Waals surface area contributed by atoms with E-state index in [2.05, 4.69) is 45.4 Å². The van der Waals surface area contributed by atoms with Crippen LogP contribution in [0.1, 0.15) is 17.5 Å². The van der Waals surface area contributed by atoms with E-state index in [1.807, 2.05) is 19.1 Å². The number of amides is 1. The predicted molar refractivity (Wildman–Crippen MR) is 108 cm³/mol. The molecule has 1 fully saturated rings. The van der Waals surface area contributed by atoms with Gasteiger partial charge in [-0.1, -0.05) is 41.9 Å². The van der Waals surface area contributed by atoms with Gasteiger partial charge in [0, 0.05) is 56.4 Å². The lowest BCUT2D eigenvalue weighted by Gasteiger charge is -2.34. The lowest BCUT2D eigenvalue weighted by atomic mass is 10.2. The van der Waals surface area contributed by atoms with Crippen LogP contribution in [-0.2, 0) is 11.3 Å². The SMILES string of the molecule is Cc1cc(Cl)ccc1NC(=O)CCN1CCN(Cc2ccccc2)CC1. The van der Waals surface area contributed by atoms with Gasteiger partial charge in [0.2, 0.25) is 5.91 Å². The monoisotopic (exact) mass is 371 g/mol. The van der Waals surface area contributed by atoms with Crippen LogP contribution in [0.15, 0.2) is 48.5 Å². The van der Waals surface area contributed by atoms with Gasteiger partial charge in [0.25, 0.3) is 0 Å². The van der Waals surface area contributed by atoms with Crippen molar-refractivity contribution >= 4 is 23.2 Å². The maximum Gasteiger partial charge on any atom is 0.225 e. The summed E-state index contributed by atoms with van der Waals surface area (Å²) in [4.78, 5) is 17.1. The smallest absolute Gasteiger partial charge is 0.225 e. The molecule has 0 unspecified atom stereocenters. The largest absolute Gasteiger partial charge is 0.326 e. The number of piperazine rings is 1. The van der Waals surface area contributed by atoms with Crippen LogP contribution in [0.25, 0.3) is 0 Å².